The fourth-order valence-electron chi connectivity index (χ4n) is 8.21. The molecule has 0 aromatic heterocycles. The van der Waals surface area contributed by atoms with E-state index in [0.717, 1.165) is 77.0 Å². The van der Waals surface area contributed by atoms with Gasteiger partial charge in [0.2, 0.25) is 5.91 Å². The minimum absolute atomic E-state index is 0.00779. The maximum Gasteiger partial charge on any atom is 0.268 e. The Morgan fingerprint density at radius 1 is 0.545 bits per heavy atom. The van der Waals surface area contributed by atoms with E-state index in [2.05, 4.69) is 67.8 Å². The predicted molar refractivity (Wildman–Crippen MR) is 284 cm³/mol. The molecule has 0 spiro atoms. The molecule has 0 aromatic carbocycles. The number of carbonyl (C=O) groups is 1. The number of phosphoric acid groups is 1. The van der Waals surface area contributed by atoms with Crippen LogP contribution in [-0.4, -0.2) is 68.5 Å². The number of quaternary nitrogens is 1. The van der Waals surface area contributed by atoms with E-state index in [9.17, 15) is 19.4 Å². The van der Waals surface area contributed by atoms with Crippen molar-refractivity contribution in [1.29, 1.82) is 0 Å². The highest BCUT2D eigenvalue weighted by Crippen LogP contribution is 2.38. The number of allylic oxidation sites excluding steroid dienone is 8. The zero-order valence-electron chi connectivity index (χ0n) is 44.1. The van der Waals surface area contributed by atoms with Crippen LogP contribution in [0.5, 0.6) is 0 Å². The predicted octanol–water partition coefficient (Wildman–Crippen LogP) is 16.1. The summed E-state index contributed by atoms with van der Waals surface area (Å²) < 4.78 is 23.4. The van der Waals surface area contributed by atoms with Crippen molar-refractivity contribution in [3.05, 3.63) is 48.6 Å². The molecule has 66 heavy (non-hydrogen) atoms. The van der Waals surface area contributed by atoms with E-state index >= 15 is 0 Å². The number of aliphatic hydroxyl groups is 1. The summed E-state index contributed by atoms with van der Waals surface area (Å²) in [6, 6.07) is -0.811. The second kappa shape index (κ2) is 48.5. The van der Waals surface area contributed by atoms with Gasteiger partial charge in [-0.2, -0.15) is 0 Å². The number of nitrogens with one attached hydrogen (secondary N) is 1. The van der Waals surface area contributed by atoms with Crippen molar-refractivity contribution in [3.8, 4) is 0 Å². The molecule has 1 amide bonds. The Bertz CT molecular complexity index is 1210. The summed E-state index contributed by atoms with van der Waals surface area (Å²) in [5.41, 5.74) is 0. The highest BCUT2D eigenvalue weighted by atomic mass is 31.2. The number of unbranched alkanes of at least 4 members (excludes halogenated alkanes) is 30. The van der Waals surface area contributed by atoms with Gasteiger partial charge in [0.1, 0.15) is 13.2 Å². The van der Waals surface area contributed by atoms with Gasteiger partial charge >= 0.3 is 0 Å². The number of nitrogens with zero attached hydrogens (tertiary/aromatic N) is 1. The smallest absolute Gasteiger partial charge is 0.268 e. The van der Waals surface area contributed by atoms with E-state index in [1.807, 2.05) is 21.1 Å². The van der Waals surface area contributed by atoms with E-state index in [1.165, 1.54) is 154 Å². The average Bonchev–Trinajstić information content (AvgIpc) is 3.28. The van der Waals surface area contributed by atoms with Gasteiger partial charge in [-0.05, 0) is 51.4 Å². The Morgan fingerprint density at radius 2 is 0.924 bits per heavy atom. The lowest BCUT2D eigenvalue weighted by Gasteiger charge is -2.30. The molecule has 3 unspecified atom stereocenters. The van der Waals surface area contributed by atoms with Crippen molar-refractivity contribution in [3.63, 3.8) is 0 Å². The van der Waals surface area contributed by atoms with Gasteiger partial charge in [-0.1, -0.05) is 249 Å². The second-order valence-electron chi connectivity index (χ2n) is 20.3. The van der Waals surface area contributed by atoms with Crippen LogP contribution in [-0.2, 0) is 18.4 Å². The number of likely N-dealkylation sites (N-methyl/N-ethyl adjacent to an activating group) is 1. The van der Waals surface area contributed by atoms with Crippen LogP contribution in [0.15, 0.2) is 48.6 Å². The van der Waals surface area contributed by atoms with Gasteiger partial charge in [0.05, 0.1) is 39.9 Å². The largest absolute Gasteiger partial charge is 0.756 e. The molecule has 0 aliphatic carbocycles. The Labute approximate surface area is 409 Å². The molecule has 0 rings (SSSR count). The molecule has 388 valence electrons. The molecule has 0 fully saturated rings. The molecule has 2 N–H and O–H groups in total. The zero-order chi connectivity index (χ0) is 48.5. The van der Waals surface area contributed by atoms with Gasteiger partial charge in [-0.15, -0.1) is 0 Å². The van der Waals surface area contributed by atoms with Gasteiger partial charge < -0.3 is 28.8 Å². The van der Waals surface area contributed by atoms with Gasteiger partial charge in [0.15, 0.2) is 0 Å². The molecule has 0 bridgehead atoms. The Kier molecular flexibility index (Phi) is 47.4. The first-order valence-corrected chi connectivity index (χ1v) is 29.4. The van der Waals surface area contributed by atoms with E-state index < -0.39 is 20.0 Å². The lowest BCUT2D eigenvalue weighted by atomic mass is 10.0. The van der Waals surface area contributed by atoms with Crippen LogP contribution in [0.1, 0.15) is 258 Å². The third kappa shape index (κ3) is 50.3. The van der Waals surface area contributed by atoms with Crippen LogP contribution in [0.4, 0.5) is 0 Å². The number of aliphatic hydroxyl groups excluding tert-OH is 1. The SMILES string of the molecule is CC/C=C\C/C=C\C/C=C\C/C=C\CCCCCCCCC(=O)NC(COP(=O)([O-])OCC[N+](C)(C)C)C(O)CCCCCCCCCCCCCCCCCCCCCCCCCCC. The monoisotopic (exact) mass is 949 g/mol. The van der Waals surface area contributed by atoms with Crippen LogP contribution in [0.2, 0.25) is 0 Å². The highest BCUT2D eigenvalue weighted by Gasteiger charge is 2.24. The lowest BCUT2D eigenvalue weighted by Crippen LogP contribution is -2.46. The second-order valence-corrected chi connectivity index (χ2v) is 21.7. The molecular weight excluding hydrogens is 840 g/mol. The number of carbonyl (C=O) groups excluding carboxylic acids is 1. The molecule has 3 atom stereocenters. The number of amides is 1. The lowest BCUT2D eigenvalue weighted by molar-refractivity contribution is -0.870. The first kappa shape index (κ1) is 64.5. The molecule has 9 heteroatoms. The van der Waals surface area contributed by atoms with Gasteiger partial charge in [-0.25, -0.2) is 0 Å². The van der Waals surface area contributed by atoms with Crippen LogP contribution in [0.25, 0.3) is 0 Å². The summed E-state index contributed by atoms with van der Waals surface area (Å²) in [7, 11) is 1.29. The van der Waals surface area contributed by atoms with E-state index in [4.69, 9.17) is 9.05 Å². The van der Waals surface area contributed by atoms with Crippen molar-refractivity contribution in [2.24, 2.45) is 0 Å². The molecule has 0 aliphatic heterocycles. The average molecular weight is 949 g/mol. The third-order valence-electron chi connectivity index (χ3n) is 12.6. The van der Waals surface area contributed by atoms with Crippen molar-refractivity contribution in [2.45, 2.75) is 270 Å². The Balaban J connectivity index is 4.19. The van der Waals surface area contributed by atoms with E-state index in [-0.39, 0.29) is 19.1 Å². The highest BCUT2D eigenvalue weighted by molar-refractivity contribution is 7.45. The maximum absolute atomic E-state index is 13.0. The first-order valence-electron chi connectivity index (χ1n) is 28.0. The van der Waals surface area contributed by atoms with Crippen LogP contribution in [0.3, 0.4) is 0 Å². The minimum Gasteiger partial charge on any atom is -0.756 e. The molecule has 0 saturated heterocycles. The quantitative estimate of drug-likeness (QED) is 0.0272. The fourth-order valence-corrected chi connectivity index (χ4v) is 8.93. The Hall–Kier alpha value is -1.54. The zero-order valence-corrected chi connectivity index (χ0v) is 45.0. The molecule has 0 aliphatic rings. The molecule has 0 heterocycles. The summed E-state index contributed by atoms with van der Waals surface area (Å²) >= 11 is 0. The van der Waals surface area contributed by atoms with Crippen molar-refractivity contribution >= 4 is 13.7 Å². The molecule has 0 aromatic rings. The first-order chi connectivity index (χ1) is 32.0. The standard InChI is InChI=1S/C57H109N2O6P/c1-6-8-10-12-14-16-18-20-22-24-26-27-28-29-30-31-33-34-36-38-40-42-44-46-48-50-56(60)55(54-65-66(62,63)64-53-52-59(3,4)5)58-57(61)51-49-47-45-43-41-39-37-35-32-25-23-21-19-17-15-13-11-9-7-2/h9,11,15,17,21,23,32,35,55-56,60H,6-8,10,12-14,16,18-20,22,24-31,33-34,36-54H2,1-5H3,(H-,58,61,62,63)/b11-9-,17-15-,23-21-,35-32-. The van der Waals surface area contributed by atoms with Crippen molar-refractivity contribution in [2.75, 3.05) is 40.9 Å². The van der Waals surface area contributed by atoms with Crippen LogP contribution in [0, 0.1) is 0 Å². The molecule has 0 radical (unpaired) electrons. The topological polar surface area (TPSA) is 108 Å². The normalized spacial score (nSPS) is 14.3. The van der Waals surface area contributed by atoms with E-state index in [1.54, 1.807) is 0 Å². The van der Waals surface area contributed by atoms with Crippen molar-refractivity contribution < 1.29 is 32.9 Å². The van der Waals surface area contributed by atoms with Gasteiger partial charge in [0.25, 0.3) is 7.82 Å². The van der Waals surface area contributed by atoms with E-state index in [0.29, 0.717) is 23.9 Å². The fraction of sp³-hybridized carbons (Fsp3) is 0.842. The molecule has 8 nitrogen and oxygen atoms in total. The third-order valence-corrected chi connectivity index (χ3v) is 13.5. The van der Waals surface area contributed by atoms with Gasteiger partial charge in [-0.3, -0.25) is 9.36 Å². The van der Waals surface area contributed by atoms with Crippen LogP contribution >= 0.6 is 7.82 Å². The summed E-state index contributed by atoms with van der Waals surface area (Å²) in [5, 5.41) is 14.0. The van der Waals surface area contributed by atoms with Gasteiger partial charge in [0, 0.05) is 6.42 Å². The van der Waals surface area contributed by atoms with Crippen molar-refractivity contribution in [1.82, 2.24) is 5.32 Å². The molecule has 0 saturated carbocycles. The minimum atomic E-state index is -4.58. The number of phosphoric ester groups is 1. The summed E-state index contributed by atoms with van der Waals surface area (Å²) in [6.07, 6.45) is 62.8. The number of hydrogen-bond acceptors (Lipinski definition) is 6. The van der Waals surface area contributed by atoms with Crippen LogP contribution < -0.4 is 10.2 Å². The maximum atomic E-state index is 13.0. The number of rotatable bonds is 51. The molecular formula is C57H109N2O6P. The Morgan fingerprint density at radius 3 is 1.35 bits per heavy atom. The number of hydrogen-bond donors (Lipinski definition) is 2. The summed E-state index contributed by atoms with van der Waals surface area (Å²) in [4.78, 5) is 25.5. The summed E-state index contributed by atoms with van der Waals surface area (Å²) in [6.45, 7) is 4.62. The summed E-state index contributed by atoms with van der Waals surface area (Å²) in [5.74, 6) is -0.177.